The van der Waals surface area contributed by atoms with Crippen molar-refractivity contribution in [3.8, 4) is 0 Å². The number of amides is 1. The Balaban J connectivity index is 1.96. The molecule has 1 saturated heterocycles. The van der Waals surface area contributed by atoms with Gasteiger partial charge in [-0.1, -0.05) is 6.07 Å². The molecule has 0 saturated carbocycles. The van der Waals surface area contributed by atoms with E-state index >= 15 is 0 Å². The first-order valence-electron chi connectivity index (χ1n) is 4.77. The molecule has 2 rings (SSSR count). The van der Waals surface area contributed by atoms with E-state index in [1.807, 2.05) is 7.05 Å². The van der Waals surface area contributed by atoms with Gasteiger partial charge in [-0.05, 0) is 35.1 Å². The minimum Gasteiger partial charge on any atom is -0.345 e. The van der Waals surface area contributed by atoms with Crippen LogP contribution in [0.15, 0.2) is 22.8 Å². The summed E-state index contributed by atoms with van der Waals surface area (Å²) in [7, 11) is 2.03. The van der Waals surface area contributed by atoms with E-state index in [4.69, 9.17) is 0 Å². The van der Waals surface area contributed by atoms with Crippen LogP contribution in [0.4, 0.5) is 0 Å². The molecule has 1 aromatic rings. The molecule has 0 aromatic carbocycles. The number of carbonyl (C=O) groups is 1. The van der Waals surface area contributed by atoms with Crippen LogP contribution in [-0.2, 0) is 0 Å². The number of nitrogens with zero attached hydrogens (tertiary/aromatic N) is 2. The van der Waals surface area contributed by atoms with E-state index in [1.165, 1.54) is 0 Å². The van der Waals surface area contributed by atoms with Gasteiger partial charge in [0.05, 0.1) is 6.04 Å². The number of hydrogen-bond acceptors (Lipinski definition) is 3. The van der Waals surface area contributed by atoms with E-state index in [2.05, 4.69) is 31.1 Å². The Bertz CT molecular complexity index is 377. The van der Waals surface area contributed by atoms with E-state index in [0.717, 1.165) is 13.1 Å². The topological polar surface area (TPSA) is 45.2 Å². The summed E-state index contributed by atoms with van der Waals surface area (Å²) >= 11 is 3.24. The summed E-state index contributed by atoms with van der Waals surface area (Å²) < 4.78 is 0.681. The van der Waals surface area contributed by atoms with Crippen LogP contribution >= 0.6 is 15.9 Å². The van der Waals surface area contributed by atoms with Crippen molar-refractivity contribution in [3.63, 3.8) is 0 Å². The van der Waals surface area contributed by atoms with Gasteiger partial charge in [0.15, 0.2) is 0 Å². The summed E-state index contributed by atoms with van der Waals surface area (Å²) in [4.78, 5) is 17.9. The van der Waals surface area contributed by atoms with Crippen LogP contribution in [0.1, 0.15) is 10.5 Å². The lowest BCUT2D eigenvalue weighted by Crippen LogP contribution is -2.57. The lowest BCUT2D eigenvalue weighted by Gasteiger charge is -2.36. The van der Waals surface area contributed by atoms with Crippen LogP contribution in [-0.4, -0.2) is 42.0 Å². The third-order valence-electron chi connectivity index (χ3n) is 2.35. The molecular weight excluding hydrogens is 258 g/mol. The standard InChI is InChI=1S/C10H12BrN3O/c1-14-5-7(6-14)12-10(15)8-3-2-4-9(11)13-8/h2-4,7H,5-6H2,1H3,(H,12,15). The predicted octanol–water partition coefficient (Wildman–Crippen LogP) is 0.888. The summed E-state index contributed by atoms with van der Waals surface area (Å²) in [6, 6.07) is 5.58. The molecule has 0 spiro atoms. The Hall–Kier alpha value is -0.940. The fourth-order valence-electron chi connectivity index (χ4n) is 1.58. The van der Waals surface area contributed by atoms with Crippen molar-refractivity contribution < 1.29 is 4.79 Å². The van der Waals surface area contributed by atoms with Crippen molar-refractivity contribution in [2.75, 3.05) is 20.1 Å². The molecule has 0 bridgehead atoms. The van der Waals surface area contributed by atoms with Crippen LogP contribution in [0.25, 0.3) is 0 Å². The summed E-state index contributed by atoms with van der Waals surface area (Å²) in [6.07, 6.45) is 0. The number of likely N-dealkylation sites (tertiary alicyclic amines) is 1. The molecule has 1 amide bonds. The molecule has 4 nitrogen and oxygen atoms in total. The molecule has 0 radical (unpaired) electrons. The Morgan fingerprint density at radius 2 is 2.33 bits per heavy atom. The van der Waals surface area contributed by atoms with E-state index in [9.17, 15) is 4.79 Å². The summed E-state index contributed by atoms with van der Waals surface area (Å²) in [6.45, 7) is 1.83. The quantitative estimate of drug-likeness (QED) is 0.812. The van der Waals surface area contributed by atoms with Crippen LogP contribution in [0.3, 0.4) is 0 Å². The molecule has 0 aliphatic carbocycles. The Morgan fingerprint density at radius 3 is 2.93 bits per heavy atom. The maximum atomic E-state index is 11.7. The van der Waals surface area contributed by atoms with Gasteiger partial charge in [0, 0.05) is 13.1 Å². The lowest BCUT2D eigenvalue weighted by molar-refractivity contribution is 0.0852. The first-order chi connectivity index (χ1) is 7.15. The maximum Gasteiger partial charge on any atom is 0.270 e. The van der Waals surface area contributed by atoms with Gasteiger partial charge in [-0.3, -0.25) is 4.79 Å². The summed E-state index contributed by atoms with van der Waals surface area (Å²) in [5.74, 6) is -0.102. The monoisotopic (exact) mass is 269 g/mol. The second-order valence-electron chi connectivity index (χ2n) is 3.74. The van der Waals surface area contributed by atoms with Gasteiger partial charge in [0.25, 0.3) is 5.91 Å². The first kappa shape index (κ1) is 10.6. The second kappa shape index (κ2) is 4.28. The predicted molar refractivity (Wildman–Crippen MR) is 60.7 cm³/mol. The molecule has 2 heterocycles. The van der Waals surface area contributed by atoms with Crippen molar-refractivity contribution in [1.82, 2.24) is 15.2 Å². The number of rotatable bonds is 2. The highest BCUT2D eigenvalue weighted by molar-refractivity contribution is 9.10. The molecule has 0 atom stereocenters. The highest BCUT2D eigenvalue weighted by Gasteiger charge is 2.25. The normalized spacial score (nSPS) is 17.2. The van der Waals surface area contributed by atoms with Gasteiger partial charge in [-0.2, -0.15) is 0 Å². The van der Waals surface area contributed by atoms with Crippen LogP contribution in [0, 0.1) is 0 Å². The van der Waals surface area contributed by atoms with Crippen molar-refractivity contribution >= 4 is 21.8 Å². The van der Waals surface area contributed by atoms with E-state index in [0.29, 0.717) is 10.3 Å². The molecule has 80 valence electrons. The van der Waals surface area contributed by atoms with Crippen molar-refractivity contribution in [1.29, 1.82) is 0 Å². The molecular formula is C10H12BrN3O. The number of hydrogen-bond donors (Lipinski definition) is 1. The maximum absolute atomic E-state index is 11.7. The van der Waals surface area contributed by atoms with Crippen LogP contribution < -0.4 is 5.32 Å². The van der Waals surface area contributed by atoms with Crippen molar-refractivity contribution in [3.05, 3.63) is 28.5 Å². The number of pyridine rings is 1. The third kappa shape index (κ3) is 2.54. The lowest BCUT2D eigenvalue weighted by atomic mass is 10.1. The fraction of sp³-hybridized carbons (Fsp3) is 0.400. The molecule has 5 heteroatoms. The van der Waals surface area contributed by atoms with Gasteiger partial charge in [0.2, 0.25) is 0 Å². The molecule has 1 aliphatic rings. The van der Waals surface area contributed by atoms with Gasteiger partial charge in [0.1, 0.15) is 10.3 Å². The molecule has 15 heavy (non-hydrogen) atoms. The molecule has 0 unspecified atom stereocenters. The average molecular weight is 270 g/mol. The number of nitrogens with one attached hydrogen (secondary N) is 1. The highest BCUT2D eigenvalue weighted by atomic mass is 79.9. The highest BCUT2D eigenvalue weighted by Crippen LogP contribution is 2.08. The molecule has 1 aromatic heterocycles. The van der Waals surface area contributed by atoms with Crippen LogP contribution in [0.5, 0.6) is 0 Å². The molecule has 1 fully saturated rings. The molecule has 1 N–H and O–H groups in total. The smallest absolute Gasteiger partial charge is 0.270 e. The van der Waals surface area contributed by atoms with E-state index in [-0.39, 0.29) is 11.9 Å². The minimum atomic E-state index is -0.102. The second-order valence-corrected chi connectivity index (χ2v) is 4.55. The van der Waals surface area contributed by atoms with Crippen LogP contribution in [0.2, 0.25) is 0 Å². The minimum absolute atomic E-state index is 0.102. The van der Waals surface area contributed by atoms with Gasteiger partial charge >= 0.3 is 0 Å². The van der Waals surface area contributed by atoms with Gasteiger partial charge in [-0.15, -0.1) is 0 Å². The fourth-order valence-corrected chi connectivity index (χ4v) is 1.93. The van der Waals surface area contributed by atoms with Gasteiger partial charge in [-0.25, -0.2) is 4.98 Å². The number of aromatic nitrogens is 1. The number of likely N-dealkylation sites (N-methyl/N-ethyl adjacent to an activating group) is 1. The largest absolute Gasteiger partial charge is 0.345 e. The van der Waals surface area contributed by atoms with Crippen molar-refractivity contribution in [2.45, 2.75) is 6.04 Å². The molecule has 1 aliphatic heterocycles. The Labute approximate surface area is 96.8 Å². The zero-order valence-electron chi connectivity index (χ0n) is 8.40. The third-order valence-corrected chi connectivity index (χ3v) is 2.79. The van der Waals surface area contributed by atoms with E-state index < -0.39 is 0 Å². The Kier molecular flexibility index (Phi) is 3.02. The zero-order chi connectivity index (χ0) is 10.8. The summed E-state index contributed by atoms with van der Waals surface area (Å²) in [5.41, 5.74) is 0.457. The van der Waals surface area contributed by atoms with Gasteiger partial charge < -0.3 is 10.2 Å². The number of halogens is 1. The van der Waals surface area contributed by atoms with Crippen molar-refractivity contribution in [2.24, 2.45) is 0 Å². The van der Waals surface area contributed by atoms with E-state index in [1.54, 1.807) is 18.2 Å². The Morgan fingerprint density at radius 1 is 1.60 bits per heavy atom. The first-order valence-corrected chi connectivity index (χ1v) is 5.56. The SMILES string of the molecule is CN1CC(NC(=O)c2cccc(Br)n2)C1. The summed E-state index contributed by atoms with van der Waals surface area (Å²) in [5, 5.41) is 2.93. The number of carbonyl (C=O) groups excluding carboxylic acids is 1. The zero-order valence-corrected chi connectivity index (χ0v) is 9.99. The average Bonchev–Trinajstić information content (AvgIpc) is 2.15.